The molecule has 3 rings (SSSR count). The maximum atomic E-state index is 13.2. The summed E-state index contributed by atoms with van der Waals surface area (Å²) < 4.78 is 63.8. The van der Waals surface area contributed by atoms with E-state index in [9.17, 15) is 21.2 Å². The summed E-state index contributed by atoms with van der Waals surface area (Å²) in [6.45, 7) is 1.88. The van der Waals surface area contributed by atoms with Crippen molar-refractivity contribution in [1.29, 1.82) is 0 Å². The fourth-order valence-corrected chi connectivity index (χ4v) is 7.60. The highest BCUT2D eigenvalue weighted by Crippen LogP contribution is 2.26. The standard InChI is InChI=1S/C16H23FN2O4S2/c17-14-5-3-13(4-6-14)16(19-8-1-2-9-19)11-18-25(22,23)15-7-10-24(20,21)12-15/h3-6,15-16,18H,1-2,7-12H2. The average molecular weight is 391 g/mol. The zero-order valence-electron chi connectivity index (χ0n) is 13.9. The maximum absolute atomic E-state index is 13.2. The Labute approximate surface area is 148 Å². The highest BCUT2D eigenvalue weighted by molar-refractivity contribution is 7.95. The predicted molar refractivity (Wildman–Crippen MR) is 93.9 cm³/mol. The van der Waals surface area contributed by atoms with Crippen molar-refractivity contribution in [3.8, 4) is 0 Å². The number of hydrogen-bond donors (Lipinski definition) is 1. The largest absolute Gasteiger partial charge is 0.295 e. The second kappa shape index (κ2) is 7.30. The van der Waals surface area contributed by atoms with Gasteiger partial charge in [-0.1, -0.05) is 12.1 Å². The van der Waals surface area contributed by atoms with Crippen molar-refractivity contribution in [3.63, 3.8) is 0 Å². The molecule has 0 aromatic heterocycles. The van der Waals surface area contributed by atoms with Crippen LogP contribution in [-0.2, 0) is 19.9 Å². The van der Waals surface area contributed by atoms with E-state index in [1.165, 1.54) is 12.1 Å². The molecule has 2 unspecified atom stereocenters. The van der Waals surface area contributed by atoms with Crippen molar-refractivity contribution in [3.05, 3.63) is 35.6 Å². The molecule has 0 spiro atoms. The first-order chi connectivity index (χ1) is 11.8. The van der Waals surface area contributed by atoms with E-state index in [1.807, 2.05) is 0 Å². The lowest BCUT2D eigenvalue weighted by atomic mass is 10.1. The van der Waals surface area contributed by atoms with E-state index in [1.54, 1.807) is 12.1 Å². The number of hydrogen-bond acceptors (Lipinski definition) is 5. The molecule has 2 heterocycles. The summed E-state index contributed by atoms with van der Waals surface area (Å²) >= 11 is 0. The molecule has 0 bridgehead atoms. The summed E-state index contributed by atoms with van der Waals surface area (Å²) in [6, 6.07) is 5.91. The van der Waals surface area contributed by atoms with Gasteiger partial charge in [0.25, 0.3) is 0 Å². The van der Waals surface area contributed by atoms with Gasteiger partial charge >= 0.3 is 0 Å². The van der Waals surface area contributed by atoms with Gasteiger partial charge in [0.15, 0.2) is 9.84 Å². The van der Waals surface area contributed by atoms with E-state index < -0.39 is 25.1 Å². The molecule has 25 heavy (non-hydrogen) atoms. The van der Waals surface area contributed by atoms with Gasteiger partial charge in [-0.3, -0.25) is 4.90 Å². The van der Waals surface area contributed by atoms with E-state index in [0.717, 1.165) is 31.5 Å². The summed E-state index contributed by atoms with van der Waals surface area (Å²) in [5.41, 5.74) is 0.852. The quantitative estimate of drug-likeness (QED) is 0.786. The molecular formula is C16H23FN2O4S2. The molecule has 1 N–H and O–H groups in total. The van der Waals surface area contributed by atoms with E-state index >= 15 is 0 Å². The van der Waals surface area contributed by atoms with Crippen LogP contribution in [0.3, 0.4) is 0 Å². The monoisotopic (exact) mass is 390 g/mol. The lowest BCUT2D eigenvalue weighted by Gasteiger charge is -2.28. The molecule has 2 fully saturated rings. The smallest absolute Gasteiger partial charge is 0.215 e. The fraction of sp³-hybridized carbons (Fsp3) is 0.625. The first-order valence-electron chi connectivity index (χ1n) is 8.45. The van der Waals surface area contributed by atoms with E-state index in [4.69, 9.17) is 0 Å². The number of rotatable bonds is 6. The Hall–Kier alpha value is -1.03. The highest BCUT2D eigenvalue weighted by atomic mass is 32.2. The molecule has 2 aliphatic heterocycles. The second-order valence-electron chi connectivity index (χ2n) is 6.73. The molecule has 6 nitrogen and oxygen atoms in total. The third kappa shape index (κ3) is 4.58. The van der Waals surface area contributed by atoms with Crippen LogP contribution in [0.15, 0.2) is 24.3 Å². The van der Waals surface area contributed by atoms with Crippen molar-refractivity contribution >= 4 is 19.9 Å². The van der Waals surface area contributed by atoms with Crippen LogP contribution in [0.5, 0.6) is 0 Å². The Morgan fingerprint density at radius 1 is 1.20 bits per heavy atom. The summed E-state index contributed by atoms with van der Waals surface area (Å²) in [7, 11) is -6.96. The number of halogens is 1. The zero-order chi connectivity index (χ0) is 18.1. The van der Waals surface area contributed by atoms with Crippen LogP contribution < -0.4 is 4.72 Å². The van der Waals surface area contributed by atoms with Crippen LogP contribution in [0.25, 0.3) is 0 Å². The van der Waals surface area contributed by atoms with Crippen LogP contribution >= 0.6 is 0 Å². The molecule has 140 valence electrons. The van der Waals surface area contributed by atoms with Gasteiger partial charge in [-0.25, -0.2) is 25.9 Å². The topological polar surface area (TPSA) is 83.5 Å². The summed E-state index contributed by atoms with van der Waals surface area (Å²) in [5.74, 6) is -0.722. The van der Waals surface area contributed by atoms with Gasteiger partial charge in [-0.15, -0.1) is 0 Å². The van der Waals surface area contributed by atoms with Gasteiger partial charge in [0.05, 0.1) is 16.8 Å². The van der Waals surface area contributed by atoms with Crippen molar-refractivity contribution in [2.24, 2.45) is 0 Å². The number of nitrogens with zero attached hydrogens (tertiary/aromatic N) is 1. The van der Waals surface area contributed by atoms with Crippen molar-refractivity contribution in [1.82, 2.24) is 9.62 Å². The third-order valence-corrected chi connectivity index (χ3v) is 8.77. The first-order valence-corrected chi connectivity index (χ1v) is 11.8. The lowest BCUT2D eigenvalue weighted by Crippen LogP contribution is -2.41. The summed E-state index contributed by atoms with van der Waals surface area (Å²) in [5, 5.41) is -0.884. The predicted octanol–water partition coefficient (Wildman–Crippen LogP) is 1.07. The average Bonchev–Trinajstić information content (AvgIpc) is 3.19. The minimum absolute atomic E-state index is 0.0773. The van der Waals surface area contributed by atoms with Crippen molar-refractivity contribution in [2.45, 2.75) is 30.6 Å². The molecule has 2 aliphatic rings. The van der Waals surface area contributed by atoms with Crippen LogP contribution in [0.2, 0.25) is 0 Å². The first kappa shape index (κ1) is 18.8. The van der Waals surface area contributed by atoms with Gasteiger partial charge in [0.1, 0.15) is 5.82 Å². The highest BCUT2D eigenvalue weighted by Gasteiger charge is 2.37. The Bertz CT molecular complexity index is 803. The number of likely N-dealkylation sites (tertiary alicyclic amines) is 1. The van der Waals surface area contributed by atoms with E-state index in [-0.39, 0.29) is 36.3 Å². The fourth-order valence-electron chi connectivity index (χ4n) is 3.51. The summed E-state index contributed by atoms with van der Waals surface area (Å²) in [6.07, 6.45) is 2.24. The van der Waals surface area contributed by atoms with E-state index in [0.29, 0.717) is 0 Å². The molecule has 0 saturated carbocycles. The molecule has 2 saturated heterocycles. The molecular weight excluding hydrogens is 367 g/mol. The number of sulfone groups is 1. The maximum Gasteiger partial charge on any atom is 0.215 e. The Morgan fingerprint density at radius 3 is 2.40 bits per heavy atom. The number of benzene rings is 1. The minimum Gasteiger partial charge on any atom is -0.295 e. The summed E-state index contributed by atoms with van der Waals surface area (Å²) in [4.78, 5) is 2.18. The van der Waals surface area contributed by atoms with Gasteiger partial charge in [-0.05, 0) is 50.0 Å². The molecule has 2 atom stereocenters. The lowest BCUT2D eigenvalue weighted by molar-refractivity contribution is 0.246. The molecule has 0 radical (unpaired) electrons. The normalized spacial score (nSPS) is 25.2. The molecule has 0 aliphatic carbocycles. The van der Waals surface area contributed by atoms with Crippen molar-refractivity contribution < 1.29 is 21.2 Å². The van der Waals surface area contributed by atoms with Gasteiger partial charge < -0.3 is 0 Å². The molecule has 1 aromatic carbocycles. The molecule has 9 heteroatoms. The third-order valence-electron chi connectivity index (χ3n) is 4.94. The van der Waals surface area contributed by atoms with Gasteiger partial charge in [0, 0.05) is 12.6 Å². The molecule has 0 amide bonds. The van der Waals surface area contributed by atoms with Crippen LogP contribution in [0, 0.1) is 5.82 Å². The Kier molecular flexibility index (Phi) is 5.48. The SMILES string of the molecule is O=S1(=O)CCC(S(=O)(=O)NCC(c2ccc(F)cc2)N2CCCC2)C1. The van der Waals surface area contributed by atoms with Gasteiger partial charge in [0.2, 0.25) is 10.0 Å². The van der Waals surface area contributed by atoms with Gasteiger partial charge in [-0.2, -0.15) is 0 Å². The van der Waals surface area contributed by atoms with E-state index in [2.05, 4.69) is 9.62 Å². The Morgan fingerprint density at radius 2 is 1.84 bits per heavy atom. The second-order valence-corrected chi connectivity index (χ2v) is 11.0. The number of nitrogens with one attached hydrogen (secondary N) is 1. The number of sulfonamides is 1. The Balaban J connectivity index is 1.73. The van der Waals surface area contributed by atoms with Crippen molar-refractivity contribution in [2.75, 3.05) is 31.1 Å². The zero-order valence-corrected chi connectivity index (χ0v) is 15.5. The van der Waals surface area contributed by atoms with Crippen LogP contribution in [0.1, 0.15) is 30.9 Å². The van der Waals surface area contributed by atoms with Crippen LogP contribution in [0.4, 0.5) is 4.39 Å². The minimum atomic E-state index is -3.70. The molecule has 1 aromatic rings. The van der Waals surface area contributed by atoms with Crippen LogP contribution in [-0.4, -0.2) is 58.1 Å².